The van der Waals surface area contributed by atoms with Crippen molar-refractivity contribution >= 4 is 14.1 Å². The minimum Gasteiger partial charge on any atom is -0.412 e. The van der Waals surface area contributed by atoms with Crippen molar-refractivity contribution in [3.05, 3.63) is 11.1 Å². The molecule has 6 heteroatoms. The van der Waals surface area contributed by atoms with Gasteiger partial charge in [0.25, 0.3) is 0 Å². The zero-order valence-electron chi connectivity index (χ0n) is 12.8. The molecule has 0 aromatic carbocycles. The summed E-state index contributed by atoms with van der Waals surface area (Å²) in [7, 11) is -1.98. The SMILES string of the molecule is CC(C)(C)[Si](C)(C)OCC1=C(CO)[C@H](O)[C@@H]2O[C@H]2C1=O. The predicted octanol–water partition coefficient (Wildman–Crippen LogP) is 1.01. The molecule has 2 rings (SSSR count). The molecule has 0 bridgehead atoms. The van der Waals surface area contributed by atoms with Crippen molar-refractivity contribution in [3.63, 3.8) is 0 Å². The Morgan fingerprint density at radius 2 is 1.95 bits per heavy atom. The zero-order chi connectivity index (χ0) is 15.3. The molecule has 0 aromatic rings. The summed E-state index contributed by atoms with van der Waals surface area (Å²) in [5.74, 6) is -0.150. The molecule has 5 nitrogen and oxygen atoms in total. The lowest BCUT2D eigenvalue weighted by atomic mass is 9.89. The van der Waals surface area contributed by atoms with Crippen LogP contribution in [0.15, 0.2) is 11.1 Å². The van der Waals surface area contributed by atoms with Gasteiger partial charge in [-0.05, 0) is 23.7 Å². The quantitative estimate of drug-likeness (QED) is 0.598. The first-order valence-corrected chi connectivity index (χ1v) is 9.85. The van der Waals surface area contributed by atoms with Crippen molar-refractivity contribution in [2.75, 3.05) is 13.2 Å². The fourth-order valence-corrected chi connectivity index (χ4v) is 3.04. The van der Waals surface area contributed by atoms with E-state index in [0.717, 1.165) is 0 Å². The standard InChI is InChI=1S/C14H24O5Si/c1-14(2,3)20(4,5)18-7-9-8(6-15)10(16)12-13(19-12)11(9)17/h10,12-13,15-16H,6-7H2,1-5H3/t10-,12-,13-/m0/s1. The van der Waals surface area contributed by atoms with Crippen LogP contribution < -0.4 is 0 Å². The van der Waals surface area contributed by atoms with Gasteiger partial charge in [-0.3, -0.25) is 4.79 Å². The van der Waals surface area contributed by atoms with Crippen molar-refractivity contribution < 1.29 is 24.2 Å². The monoisotopic (exact) mass is 300 g/mol. The lowest BCUT2D eigenvalue weighted by molar-refractivity contribution is -0.117. The van der Waals surface area contributed by atoms with E-state index in [2.05, 4.69) is 33.9 Å². The third kappa shape index (κ3) is 2.63. The van der Waals surface area contributed by atoms with Crippen LogP contribution in [0.3, 0.4) is 0 Å². The number of ketones is 1. The number of hydrogen-bond acceptors (Lipinski definition) is 5. The van der Waals surface area contributed by atoms with E-state index in [-0.39, 0.29) is 24.0 Å². The molecular formula is C14H24O5Si. The summed E-state index contributed by atoms with van der Waals surface area (Å²) in [4.78, 5) is 12.2. The summed E-state index contributed by atoms with van der Waals surface area (Å²) in [6.07, 6.45) is -1.90. The molecule has 0 amide bonds. The molecule has 0 aromatic heterocycles. The van der Waals surface area contributed by atoms with Crippen molar-refractivity contribution in [2.24, 2.45) is 0 Å². The van der Waals surface area contributed by atoms with Crippen LogP contribution in [0.1, 0.15) is 20.8 Å². The van der Waals surface area contributed by atoms with Crippen molar-refractivity contribution in [1.29, 1.82) is 0 Å². The molecule has 114 valence electrons. The van der Waals surface area contributed by atoms with E-state index in [4.69, 9.17) is 9.16 Å². The smallest absolute Gasteiger partial charge is 0.192 e. The van der Waals surface area contributed by atoms with E-state index in [1.54, 1.807) is 0 Å². The Morgan fingerprint density at radius 1 is 1.35 bits per heavy atom. The topological polar surface area (TPSA) is 79.3 Å². The van der Waals surface area contributed by atoms with Crippen molar-refractivity contribution in [3.8, 4) is 0 Å². The van der Waals surface area contributed by atoms with Gasteiger partial charge in [-0.2, -0.15) is 0 Å². The zero-order valence-corrected chi connectivity index (χ0v) is 13.8. The second-order valence-corrected chi connectivity index (χ2v) is 11.9. The first kappa shape index (κ1) is 15.8. The highest BCUT2D eigenvalue weighted by Crippen LogP contribution is 2.40. The van der Waals surface area contributed by atoms with E-state index in [1.807, 2.05) is 0 Å². The minimum absolute atomic E-state index is 0.0435. The summed E-state index contributed by atoms with van der Waals surface area (Å²) >= 11 is 0. The van der Waals surface area contributed by atoms with Gasteiger partial charge in [-0.25, -0.2) is 0 Å². The molecule has 0 saturated carbocycles. The van der Waals surface area contributed by atoms with Gasteiger partial charge in [-0.15, -0.1) is 0 Å². The Labute approximate surface area is 120 Å². The molecule has 2 aliphatic rings. The van der Waals surface area contributed by atoms with Crippen molar-refractivity contribution in [2.45, 2.75) is 57.2 Å². The Bertz CT molecular complexity index is 449. The number of Topliss-reactive ketones (excluding diaryl/α,β-unsaturated/α-hetero) is 1. The largest absolute Gasteiger partial charge is 0.412 e. The van der Waals surface area contributed by atoms with E-state index in [9.17, 15) is 15.0 Å². The number of rotatable bonds is 4. The highest BCUT2D eigenvalue weighted by molar-refractivity contribution is 6.74. The number of fused-ring (bicyclic) bond motifs is 1. The Morgan fingerprint density at radius 3 is 2.45 bits per heavy atom. The highest BCUT2D eigenvalue weighted by Gasteiger charge is 2.55. The van der Waals surface area contributed by atoms with E-state index in [1.165, 1.54) is 0 Å². The molecule has 1 heterocycles. The summed E-state index contributed by atoms with van der Waals surface area (Å²) in [6.45, 7) is 10.4. The van der Waals surface area contributed by atoms with Gasteiger partial charge in [0.05, 0.1) is 13.2 Å². The summed E-state index contributed by atoms with van der Waals surface area (Å²) < 4.78 is 11.2. The van der Waals surface area contributed by atoms with Crippen LogP contribution in [0.4, 0.5) is 0 Å². The fourth-order valence-electron chi connectivity index (χ4n) is 2.10. The van der Waals surface area contributed by atoms with Gasteiger partial charge < -0.3 is 19.4 Å². The maximum Gasteiger partial charge on any atom is 0.192 e. The Kier molecular flexibility index (Phi) is 3.99. The van der Waals surface area contributed by atoms with Gasteiger partial charge in [0.2, 0.25) is 0 Å². The molecule has 1 aliphatic heterocycles. The van der Waals surface area contributed by atoms with Crippen molar-refractivity contribution in [1.82, 2.24) is 0 Å². The number of hydrogen-bond donors (Lipinski definition) is 2. The van der Waals surface area contributed by atoms with Crippen LogP contribution in [-0.4, -0.2) is 55.8 Å². The lowest BCUT2D eigenvalue weighted by Gasteiger charge is -2.36. The summed E-state index contributed by atoms with van der Waals surface area (Å²) in [5.41, 5.74) is 0.746. The molecule has 0 unspecified atom stereocenters. The second-order valence-electron chi connectivity index (χ2n) is 7.04. The van der Waals surface area contributed by atoms with Crippen LogP contribution in [-0.2, 0) is 14.0 Å². The molecule has 2 N–H and O–H groups in total. The number of epoxide rings is 1. The Balaban J connectivity index is 2.16. The van der Waals surface area contributed by atoms with E-state index < -0.39 is 26.6 Å². The van der Waals surface area contributed by atoms with E-state index in [0.29, 0.717) is 11.1 Å². The van der Waals surface area contributed by atoms with Crippen LogP contribution >= 0.6 is 0 Å². The molecule has 0 radical (unpaired) electrons. The third-order valence-electron chi connectivity index (χ3n) is 4.69. The van der Waals surface area contributed by atoms with Crippen LogP contribution in [0.25, 0.3) is 0 Å². The van der Waals surface area contributed by atoms with Gasteiger partial charge in [0.1, 0.15) is 18.3 Å². The summed E-state index contributed by atoms with van der Waals surface area (Å²) in [6, 6.07) is 0. The molecular weight excluding hydrogens is 276 g/mol. The molecule has 0 spiro atoms. The molecule has 3 atom stereocenters. The van der Waals surface area contributed by atoms with Gasteiger partial charge >= 0.3 is 0 Å². The molecule has 1 aliphatic carbocycles. The maximum atomic E-state index is 12.2. The maximum absolute atomic E-state index is 12.2. The van der Waals surface area contributed by atoms with Gasteiger partial charge in [0, 0.05) is 5.57 Å². The van der Waals surface area contributed by atoms with Gasteiger partial charge in [0.15, 0.2) is 14.1 Å². The highest BCUT2D eigenvalue weighted by atomic mass is 28.4. The minimum atomic E-state index is -1.98. The molecule has 20 heavy (non-hydrogen) atoms. The summed E-state index contributed by atoms with van der Waals surface area (Å²) in [5, 5.41) is 19.5. The molecule has 1 saturated heterocycles. The first-order valence-electron chi connectivity index (χ1n) is 6.94. The number of carbonyl (C=O) groups is 1. The predicted molar refractivity (Wildman–Crippen MR) is 76.9 cm³/mol. The third-order valence-corrected chi connectivity index (χ3v) is 9.17. The number of carbonyl (C=O) groups excluding carboxylic acids is 1. The van der Waals surface area contributed by atoms with Gasteiger partial charge in [-0.1, -0.05) is 20.8 Å². The molecule has 1 fully saturated rings. The average Bonchev–Trinajstić information content (AvgIpc) is 3.10. The Hall–Kier alpha value is -0.533. The first-order chi connectivity index (χ1) is 9.10. The number of ether oxygens (including phenoxy) is 1. The fraction of sp³-hybridized carbons (Fsp3) is 0.786. The van der Waals surface area contributed by atoms with Crippen LogP contribution in [0.5, 0.6) is 0 Å². The van der Waals surface area contributed by atoms with Crippen LogP contribution in [0, 0.1) is 0 Å². The number of aliphatic hydroxyl groups excluding tert-OH is 2. The lowest BCUT2D eigenvalue weighted by Crippen LogP contribution is -2.43. The number of aliphatic hydroxyl groups is 2. The van der Waals surface area contributed by atoms with E-state index >= 15 is 0 Å². The second kappa shape index (κ2) is 5.03. The van der Waals surface area contributed by atoms with Crippen LogP contribution in [0.2, 0.25) is 18.1 Å². The normalized spacial score (nSPS) is 30.6. The average molecular weight is 300 g/mol.